The van der Waals surface area contributed by atoms with E-state index in [-0.39, 0.29) is 37.9 Å². The van der Waals surface area contributed by atoms with Crippen LogP contribution in [0.5, 0.6) is 5.75 Å². The number of hydrogen-bond acceptors (Lipinski definition) is 5. The Morgan fingerprint density at radius 2 is 1.96 bits per heavy atom. The molecule has 1 aliphatic heterocycles. The lowest BCUT2D eigenvalue weighted by atomic mass is 10.1. The molecule has 1 aliphatic rings. The molecule has 1 aromatic heterocycles. The van der Waals surface area contributed by atoms with Gasteiger partial charge in [0.05, 0.1) is 12.1 Å². The maximum Gasteiger partial charge on any atom is 0.308 e. The molecule has 2 heterocycles. The third-order valence-electron chi connectivity index (χ3n) is 4.79. The highest BCUT2D eigenvalue weighted by Crippen LogP contribution is 2.31. The van der Waals surface area contributed by atoms with Gasteiger partial charge >= 0.3 is 5.97 Å². The number of ether oxygens (including phenoxy) is 2. The van der Waals surface area contributed by atoms with Crippen LogP contribution in [0.4, 0.5) is 5.69 Å². The van der Waals surface area contributed by atoms with E-state index in [0.29, 0.717) is 17.0 Å². The number of aromatic nitrogens is 1. The fraction of sp³-hybridized carbons (Fsp3) is 0.350. The molecule has 0 atom stereocenters. The van der Waals surface area contributed by atoms with E-state index < -0.39 is 5.97 Å². The molecule has 3 rings (SSSR count). The number of fused-ring (bicyclic) bond motifs is 1. The maximum atomic E-state index is 12.3. The average Bonchev–Trinajstić information content (AvgIpc) is 2.92. The van der Waals surface area contributed by atoms with Crippen molar-refractivity contribution in [3.63, 3.8) is 0 Å². The molecule has 1 aromatic carbocycles. The lowest BCUT2D eigenvalue weighted by Gasteiger charge is -2.28. The van der Waals surface area contributed by atoms with Crippen LogP contribution in [0.2, 0.25) is 0 Å². The Hall–Kier alpha value is -3.09. The van der Waals surface area contributed by atoms with Crippen molar-refractivity contribution >= 4 is 23.3 Å². The van der Waals surface area contributed by atoms with Crippen LogP contribution in [0.3, 0.4) is 0 Å². The first-order valence-corrected chi connectivity index (χ1v) is 8.72. The molecule has 7 nitrogen and oxygen atoms in total. The molecule has 1 amide bonds. The second-order valence-corrected chi connectivity index (χ2v) is 6.48. The molecule has 0 fully saturated rings. The van der Waals surface area contributed by atoms with Crippen molar-refractivity contribution in [3.8, 4) is 5.75 Å². The predicted molar refractivity (Wildman–Crippen MR) is 99.1 cm³/mol. The van der Waals surface area contributed by atoms with Crippen molar-refractivity contribution in [2.75, 3.05) is 24.7 Å². The molecule has 0 unspecified atom stereocenters. The van der Waals surface area contributed by atoms with Crippen LogP contribution < -0.4 is 9.64 Å². The summed E-state index contributed by atoms with van der Waals surface area (Å²) in [5.41, 5.74) is 2.99. The van der Waals surface area contributed by atoms with Crippen LogP contribution in [0.25, 0.3) is 0 Å². The fourth-order valence-electron chi connectivity index (χ4n) is 3.04. The molecule has 27 heavy (non-hydrogen) atoms. The summed E-state index contributed by atoms with van der Waals surface area (Å²) in [7, 11) is 1.88. The fourth-order valence-corrected chi connectivity index (χ4v) is 3.04. The number of para-hydroxylation sites is 2. The first-order chi connectivity index (χ1) is 12.9. The van der Waals surface area contributed by atoms with Crippen LogP contribution in [-0.4, -0.2) is 42.0 Å². The summed E-state index contributed by atoms with van der Waals surface area (Å²) in [6.45, 7) is 3.57. The van der Waals surface area contributed by atoms with E-state index in [1.54, 1.807) is 24.3 Å². The van der Waals surface area contributed by atoms with Crippen LogP contribution in [0.15, 0.2) is 30.3 Å². The number of amides is 1. The standard InChI is InChI=1S/C20H22N2O5/c1-13-10-15(14(2)21(13)3)17(23)11-27-20(25)8-9-22-16-6-4-5-7-18(16)26-12-19(22)24/h4-7,10H,8-9,11-12H2,1-3H3. The summed E-state index contributed by atoms with van der Waals surface area (Å²) in [6, 6.07) is 8.95. The Morgan fingerprint density at radius 1 is 1.22 bits per heavy atom. The summed E-state index contributed by atoms with van der Waals surface area (Å²) < 4.78 is 12.4. The Bertz CT molecular complexity index is 900. The second-order valence-electron chi connectivity index (χ2n) is 6.48. The molecular formula is C20H22N2O5. The Morgan fingerprint density at radius 3 is 2.67 bits per heavy atom. The highest BCUT2D eigenvalue weighted by atomic mass is 16.5. The van der Waals surface area contributed by atoms with Gasteiger partial charge in [-0.05, 0) is 32.0 Å². The topological polar surface area (TPSA) is 77.8 Å². The minimum absolute atomic E-state index is 0.000153. The number of benzene rings is 1. The summed E-state index contributed by atoms with van der Waals surface area (Å²) in [5.74, 6) is -0.369. The van der Waals surface area contributed by atoms with Gasteiger partial charge in [0.2, 0.25) is 5.78 Å². The molecule has 0 saturated carbocycles. The number of esters is 1. The van der Waals surface area contributed by atoms with E-state index in [1.807, 2.05) is 31.5 Å². The molecule has 0 bridgehead atoms. The normalized spacial score (nSPS) is 13.1. The molecule has 0 radical (unpaired) electrons. The highest BCUT2D eigenvalue weighted by molar-refractivity contribution is 6.00. The molecule has 0 saturated heterocycles. The van der Waals surface area contributed by atoms with Crippen molar-refractivity contribution in [1.29, 1.82) is 0 Å². The van der Waals surface area contributed by atoms with Crippen LogP contribution in [0.1, 0.15) is 28.2 Å². The second kappa shape index (κ2) is 7.65. The number of anilines is 1. The zero-order chi connectivity index (χ0) is 19.6. The van der Waals surface area contributed by atoms with Gasteiger partial charge in [-0.25, -0.2) is 0 Å². The van der Waals surface area contributed by atoms with Gasteiger partial charge in [0.15, 0.2) is 13.2 Å². The first-order valence-electron chi connectivity index (χ1n) is 8.72. The third-order valence-corrected chi connectivity index (χ3v) is 4.79. The molecule has 7 heteroatoms. The van der Waals surface area contributed by atoms with Gasteiger partial charge in [-0.15, -0.1) is 0 Å². The Balaban J connectivity index is 1.55. The van der Waals surface area contributed by atoms with Gasteiger partial charge in [0.1, 0.15) is 5.75 Å². The molecule has 0 spiro atoms. The van der Waals surface area contributed by atoms with Crippen molar-refractivity contribution in [1.82, 2.24) is 4.57 Å². The van der Waals surface area contributed by atoms with E-state index in [1.165, 1.54) is 4.90 Å². The summed E-state index contributed by atoms with van der Waals surface area (Å²) in [6.07, 6.45) is 0.000153. The van der Waals surface area contributed by atoms with Crippen molar-refractivity contribution in [3.05, 3.63) is 47.3 Å². The largest absolute Gasteiger partial charge is 0.482 e. The number of aryl methyl sites for hydroxylation is 1. The highest BCUT2D eigenvalue weighted by Gasteiger charge is 2.25. The van der Waals surface area contributed by atoms with E-state index in [4.69, 9.17) is 9.47 Å². The number of carbonyl (C=O) groups excluding carboxylic acids is 3. The summed E-state index contributed by atoms with van der Waals surface area (Å²) in [4.78, 5) is 37.9. The number of nitrogens with zero attached hydrogens (tertiary/aromatic N) is 2. The minimum Gasteiger partial charge on any atom is -0.482 e. The lowest BCUT2D eigenvalue weighted by molar-refractivity contribution is -0.142. The zero-order valence-corrected chi connectivity index (χ0v) is 15.7. The van der Waals surface area contributed by atoms with Crippen LogP contribution in [-0.2, 0) is 21.4 Å². The quantitative estimate of drug-likeness (QED) is 0.575. The van der Waals surface area contributed by atoms with Crippen LogP contribution >= 0.6 is 0 Å². The van der Waals surface area contributed by atoms with Gasteiger partial charge in [-0.1, -0.05) is 12.1 Å². The Kier molecular flexibility index (Phi) is 5.30. The average molecular weight is 370 g/mol. The molecule has 0 N–H and O–H groups in total. The van der Waals surface area contributed by atoms with Crippen molar-refractivity contribution in [2.45, 2.75) is 20.3 Å². The molecule has 2 aromatic rings. The third kappa shape index (κ3) is 3.86. The van der Waals surface area contributed by atoms with Crippen molar-refractivity contribution < 1.29 is 23.9 Å². The van der Waals surface area contributed by atoms with Gasteiger partial charge in [-0.3, -0.25) is 14.4 Å². The number of Topliss-reactive ketones (excluding diaryl/α,β-unsaturated/α-hetero) is 1. The molecule has 142 valence electrons. The first kappa shape index (κ1) is 18.7. The molecule has 0 aliphatic carbocycles. The summed E-state index contributed by atoms with van der Waals surface area (Å²) in [5, 5.41) is 0. The monoisotopic (exact) mass is 370 g/mol. The van der Waals surface area contributed by atoms with Gasteiger partial charge < -0.3 is 18.9 Å². The van der Waals surface area contributed by atoms with Gasteiger partial charge in [0, 0.05) is 30.5 Å². The Labute approximate surface area is 157 Å². The van der Waals surface area contributed by atoms with Crippen molar-refractivity contribution in [2.24, 2.45) is 7.05 Å². The predicted octanol–water partition coefficient (Wildman–Crippen LogP) is 2.18. The van der Waals surface area contributed by atoms with E-state index in [2.05, 4.69) is 0 Å². The van der Waals surface area contributed by atoms with E-state index in [0.717, 1.165) is 11.4 Å². The van der Waals surface area contributed by atoms with Gasteiger partial charge in [-0.2, -0.15) is 0 Å². The zero-order valence-electron chi connectivity index (χ0n) is 15.7. The van der Waals surface area contributed by atoms with E-state index in [9.17, 15) is 14.4 Å². The SMILES string of the molecule is Cc1cc(C(=O)COC(=O)CCN2C(=O)COc3ccccc32)c(C)n1C. The van der Waals surface area contributed by atoms with Gasteiger partial charge in [0.25, 0.3) is 5.91 Å². The number of rotatable bonds is 6. The number of carbonyl (C=O) groups is 3. The number of ketones is 1. The van der Waals surface area contributed by atoms with Crippen LogP contribution in [0, 0.1) is 13.8 Å². The maximum absolute atomic E-state index is 12.3. The lowest BCUT2D eigenvalue weighted by Crippen LogP contribution is -2.40. The van der Waals surface area contributed by atoms with E-state index >= 15 is 0 Å². The smallest absolute Gasteiger partial charge is 0.308 e. The summed E-state index contributed by atoms with van der Waals surface area (Å²) >= 11 is 0. The number of hydrogen-bond donors (Lipinski definition) is 0. The molecular weight excluding hydrogens is 348 g/mol. The minimum atomic E-state index is -0.523.